The maximum Gasteiger partial charge on any atom is 0.387 e. The van der Waals surface area contributed by atoms with Crippen LogP contribution in [-0.4, -0.2) is 18.1 Å². The van der Waals surface area contributed by atoms with Crippen LogP contribution in [0.4, 0.5) is 8.78 Å². The second kappa shape index (κ2) is 5.77. The summed E-state index contributed by atoms with van der Waals surface area (Å²) in [4.78, 5) is 11.0. The zero-order chi connectivity index (χ0) is 13.8. The van der Waals surface area contributed by atoms with Gasteiger partial charge in [0.25, 0.3) is 0 Å². The van der Waals surface area contributed by atoms with Crippen LogP contribution in [0.2, 0.25) is 0 Å². The van der Waals surface area contributed by atoms with Crippen LogP contribution in [0.3, 0.4) is 0 Å². The average molecular weight is 258 g/mol. The summed E-state index contributed by atoms with van der Waals surface area (Å²) in [6, 6.07) is 6.18. The Balaban J connectivity index is 2.57. The lowest BCUT2D eigenvalue weighted by Crippen LogP contribution is -2.49. The number of halogens is 2. The summed E-state index contributed by atoms with van der Waals surface area (Å²) < 4.78 is 28.1. The molecule has 0 aliphatic carbocycles. The van der Waals surface area contributed by atoms with Gasteiger partial charge in [0.05, 0.1) is 5.54 Å². The smallest absolute Gasteiger partial charge is 0.387 e. The molecule has 0 heterocycles. The predicted octanol–water partition coefficient (Wildman–Crippen LogP) is 1.42. The van der Waals surface area contributed by atoms with E-state index in [2.05, 4.69) is 4.74 Å². The van der Waals surface area contributed by atoms with Gasteiger partial charge in [0.15, 0.2) is 0 Å². The molecule has 0 spiro atoms. The lowest BCUT2D eigenvalue weighted by Gasteiger charge is -2.20. The Morgan fingerprint density at radius 1 is 1.39 bits per heavy atom. The van der Waals surface area contributed by atoms with Crippen molar-refractivity contribution in [2.75, 3.05) is 0 Å². The second-order valence-corrected chi connectivity index (χ2v) is 4.30. The first-order valence-electron chi connectivity index (χ1n) is 5.44. The standard InChI is InChI=1S/C12H16F2N2O2/c1-12(16,10(15)17)7-6-8-2-4-9(5-3-8)18-11(13)14/h2-5,11H,6-7,16H2,1H3,(H2,15,17). The number of amides is 1. The number of benzene rings is 1. The van der Waals surface area contributed by atoms with Gasteiger partial charge in [-0.05, 0) is 37.5 Å². The molecule has 0 fully saturated rings. The highest BCUT2D eigenvalue weighted by Gasteiger charge is 2.24. The van der Waals surface area contributed by atoms with Crippen LogP contribution in [-0.2, 0) is 11.2 Å². The van der Waals surface area contributed by atoms with Crippen LogP contribution >= 0.6 is 0 Å². The van der Waals surface area contributed by atoms with Gasteiger partial charge in [-0.25, -0.2) is 0 Å². The summed E-state index contributed by atoms with van der Waals surface area (Å²) >= 11 is 0. The number of primary amides is 1. The van der Waals surface area contributed by atoms with Crippen molar-refractivity contribution in [3.05, 3.63) is 29.8 Å². The number of aryl methyl sites for hydroxylation is 1. The van der Waals surface area contributed by atoms with Crippen molar-refractivity contribution >= 4 is 5.91 Å². The molecule has 0 aliphatic heterocycles. The maximum atomic E-state index is 11.9. The molecule has 0 saturated carbocycles. The minimum atomic E-state index is -2.84. The monoisotopic (exact) mass is 258 g/mol. The quantitative estimate of drug-likeness (QED) is 0.810. The van der Waals surface area contributed by atoms with Crippen LogP contribution < -0.4 is 16.2 Å². The second-order valence-electron chi connectivity index (χ2n) is 4.30. The third kappa shape index (κ3) is 4.29. The SMILES string of the molecule is CC(N)(CCc1ccc(OC(F)F)cc1)C(N)=O. The molecule has 1 unspecified atom stereocenters. The van der Waals surface area contributed by atoms with Crippen molar-refractivity contribution < 1.29 is 18.3 Å². The normalized spacial score (nSPS) is 14.3. The van der Waals surface area contributed by atoms with E-state index in [1.165, 1.54) is 12.1 Å². The molecule has 1 atom stereocenters. The van der Waals surface area contributed by atoms with Gasteiger partial charge in [0.1, 0.15) is 5.75 Å². The molecule has 100 valence electrons. The molecule has 1 rings (SSSR count). The molecule has 0 saturated heterocycles. The zero-order valence-corrected chi connectivity index (χ0v) is 10.0. The van der Waals surface area contributed by atoms with Crippen LogP contribution in [0.5, 0.6) is 5.75 Å². The lowest BCUT2D eigenvalue weighted by atomic mass is 9.94. The Morgan fingerprint density at radius 3 is 2.39 bits per heavy atom. The summed E-state index contributed by atoms with van der Waals surface area (Å²) in [5.41, 5.74) is 10.6. The molecule has 1 amide bonds. The van der Waals surface area contributed by atoms with Crippen LogP contribution in [0, 0.1) is 0 Å². The highest BCUT2D eigenvalue weighted by Crippen LogP contribution is 2.17. The van der Waals surface area contributed by atoms with E-state index >= 15 is 0 Å². The molecule has 0 radical (unpaired) electrons. The van der Waals surface area contributed by atoms with Crippen molar-refractivity contribution in [1.82, 2.24) is 0 Å². The molecule has 6 heteroatoms. The minimum absolute atomic E-state index is 0.0964. The third-order valence-corrected chi connectivity index (χ3v) is 2.64. The number of carbonyl (C=O) groups excluding carboxylic acids is 1. The number of rotatable bonds is 6. The van der Waals surface area contributed by atoms with Gasteiger partial charge in [-0.15, -0.1) is 0 Å². The van der Waals surface area contributed by atoms with E-state index in [4.69, 9.17) is 11.5 Å². The van der Waals surface area contributed by atoms with E-state index in [1.807, 2.05) is 0 Å². The van der Waals surface area contributed by atoms with Crippen molar-refractivity contribution in [2.45, 2.75) is 31.9 Å². The number of hydrogen-bond acceptors (Lipinski definition) is 3. The number of ether oxygens (including phenoxy) is 1. The minimum Gasteiger partial charge on any atom is -0.435 e. The first-order chi connectivity index (χ1) is 8.31. The molecule has 0 bridgehead atoms. The number of hydrogen-bond donors (Lipinski definition) is 2. The van der Waals surface area contributed by atoms with E-state index in [0.29, 0.717) is 12.8 Å². The van der Waals surface area contributed by atoms with Crippen molar-refractivity contribution in [1.29, 1.82) is 0 Å². The van der Waals surface area contributed by atoms with E-state index < -0.39 is 18.1 Å². The third-order valence-electron chi connectivity index (χ3n) is 2.64. The molecule has 1 aromatic carbocycles. The summed E-state index contributed by atoms with van der Waals surface area (Å²) in [6.07, 6.45) is 0.919. The summed E-state index contributed by atoms with van der Waals surface area (Å²) in [5.74, 6) is -0.473. The lowest BCUT2D eigenvalue weighted by molar-refractivity contribution is -0.122. The molecule has 0 aliphatic rings. The Labute approximate surface area is 104 Å². The topological polar surface area (TPSA) is 78.3 Å². The van der Waals surface area contributed by atoms with Crippen LogP contribution in [0.25, 0.3) is 0 Å². The largest absolute Gasteiger partial charge is 0.435 e. The van der Waals surface area contributed by atoms with Gasteiger partial charge in [0, 0.05) is 0 Å². The predicted molar refractivity (Wildman–Crippen MR) is 63.2 cm³/mol. The first-order valence-corrected chi connectivity index (χ1v) is 5.44. The molecule has 18 heavy (non-hydrogen) atoms. The Morgan fingerprint density at radius 2 is 1.94 bits per heavy atom. The van der Waals surface area contributed by atoms with Crippen molar-refractivity contribution in [3.63, 3.8) is 0 Å². The Bertz CT molecular complexity index is 405. The van der Waals surface area contributed by atoms with Gasteiger partial charge in [-0.3, -0.25) is 4.79 Å². The average Bonchev–Trinajstić information content (AvgIpc) is 2.27. The van der Waals surface area contributed by atoms with Gasteiger partial charge in [0.2, 0.25) is 5.91 Å². The molecule has 4 nitrogen and oxygen atoms in total. The Hall–Kier alpha value is -1.69. The first kappa shape index (κ1) is 14.4. The summed E-state index contributed by atoms with van der Waals surface area (Å²) in [7, 11) is 0. The van der Waals surface area contributed by atoms with Crippen LogP contribution in [0.1, 0.15) is 18.9 Å². The highest BCUT2D eigenvalue weighted by molar-refractivity contribution is 5.83. The molecular formula is C12H16F2N2O2. The van der Waals surface area contributed by atoms with E-state index in [0.717, 1.165) is 5.56 Å². The van der Waals surface area contributed by atoms with E-state index in [9.17, 15) is 13.6 Å². The van der Waals surface area contributed by atoms with Gasteiger partial charge in [-0.1, -0.05) is 12.1 Å². The molecule has 1 aromatic rings. The summed E-state index contributed by atoms with van der Waals surface area (Å²) in [6.45, 7) is -1.28. The Kier molecular flexibility index (Phi) is 4.61. The van der Waals surface area contributed by atoms with E-state index in [1.54, 1.807) is 19.1 Å². The fourth-order valence-electron chi connectivity index (χ4n) is 1.36. The summed E-state index contributed by atoms with van der Waals surface area (Å²) in [5, 5.41) is 0. The molecule has 4 N–H and O–H groups in total. The van der Waals surface area contributed by atoms with E-state index in [-0.39, 0.29) is 5.75 Å². The number of carbonyl (C=O) groups is 1. The van der Waals surface area contributed by atoms with Crippen LogP contribution in [0.15, 0.2) is 24.3 Å². The van der Waals surface area contributed by atoms with Gasteiger partial charge < -0.3 is 16.2 Å². The molecular weight excluding hydrogens is 242 g/mol. The fourth-order valence-corrected chi connectivity index (χ4v) is 1.36. The fraction of sp³-hybridized carbons (Fsp3) is 0.417. The number of alkyl halides is 2. The van der Waals surface area contributed by atoms with Crippen molar-refractivity contribution in [2.24, 2.45) is 11.5 Å². The molecule has 0 aromatic heterocycles. The highest BCUT2D eigenvalue weighted by atomic mass is 19.3. The maximum absolute atomic E-state index is 11.9. The van der Waals surface area contributed by atoms with Crippen molar-refractivity contribution in [3.8, 4) is 5.75 Å². The van der Waals surface area contributed by atoms with Gasteiger partial charge >= 0.3 is 6.61 Å². The zero-order valence-electron chi connectivity index (χ0n) is 10.0. The van der Waals surface area contributed by atoms with Gasteiger partial charge in [-0.2, -0.15) is 8.78 Å². The number of nitrogens with two attached hydrogens (primary N) is 2.